The van der Waals surface area contributed by atoms with Crippen LogP contribution in [0.1, 0.15) is 6.42 Å². The van der Waals surface area contributed by atoms with Crippen LogP contribution >= 0.6 is 0 Å². The molecule has 0 saturated carbocycles. The second-order valence-corrected chi connectivity index (χ2v) is 2.84. The Morgan fingerprint density at radius 2 is 2.36 bits per heavy atom. The molecule has 1 fully saturated rings. The molecule has 2 rings (SSSR count). The van der Waals surface area contributed by atoms with Gasteiger partial charge in [-0.2, -0.15) is 0 Å². The Bertz CT molecular complexity index is 220. The summed E-state index contributed by atoms with van der Waals surface area (Å²) >= 11 is 0. The molecule has 0 aromatic heterocycles. The summed E-state index contributed by atoms with van der Waals surface area (Å²) in [5, 5.41) is 0. The van der Waals surface area contributed by atoms with E-state index in [2.05, 4.69) is 0 Å². The third kappa shape index (κ3) is 1.24. The minimum atomic E-state index is 0.355. The van der Waals surface area contributed by atoms with Crippen LogP contribution in [-0.4, -0.2) is 13.4 Å². The molecule has 1 heterocycles. The van der Waals surface area contributed by atoms with Crippen LogP contribution in [0, 0.1) is 5.92 Å². The highest BCUT2D eigenvalue weighted by Gasteiger charge is 2.23. The van der Waals surface area contributed by atoms with Gasteiger partial charge in [-0.1, -0.05) is 0 Å². The monoisotopic (exact) mass is 153 g/mol. The van der Waals surface area contributed by atoms with Gasteiger partial charge in [-0.05, 0) is 18.6 Å². The van der Waals surface area contributed by atoms with Crippen molar-refractivity contribution in [3.63, 3.8) is 0 Å². The van der Waals surface area contributed by atoms with Crippen molar-refractivity contribution in [3.8, 4) is 0 Å². The molecule has 11 heavy (non-hydrogen) atoms. The summed E-state index contributed by atoms with van der Waals surface area (Å²) in [6.45, 7) is 1.12. The zero-order chi connectivity index (χ0) is 7.68. The molecule has 1 aliphatic heterocycles. The van der Waals surface area contributed by atoms with Gasteiger partial charge in [0.2, 0.25) is 0 Å². The Kier molecular flexibility index (Phi) is 1.58. The predicted octanol–water partition coefficient (Wildman–Crippen LogP) is 0.737. The van der Waals surface area contributed by atoms with Crippen molar-refractivity contribution in [2.75, 3.05) is 13.4 Å². The number of allylic oxidation sites excluding steroid dienone is 3. The highest BCUT2D eigenvalue weighted by molar-refractivity contribution is 5.22. The number of hydrogen-bond acceptors (Lipinski definition) is 3. The van der Waals surface area contributed by atoms with Crippen molar-refractivity contribution in [1.29, 1.82) is 0 Å². The molecule has 1 saturated heterocycles. The van der Waals surface area contributed by atoms with Gasteiger partial charge < -0.3 is 15.2 Å². The largest absolute Gasteiger partial charge is 0.472 e. The van der Waals surface area contributed by atoms with Crippen LogP contribution in [0.25, 0.3) is 0 Å². The van der Waals surface area contributed by atoms with Gasteiger partial charge in [0.25, 0.3) is 0 Å². The van der Waals surface area contributed by atoms with Crippen molar-refractivity contribution in [2.24, 2.45) is 11.7 Å². The number of fused-ring (bicyclic) bond motifs is 1. The minimum absolute atomic E-state index is 0.355. The Morgan fingerprint density at radius 1 is 1.45 bits per heavy atom. The van der Waals surface area contributed by atoms with Crippen LogP contribution in [0.2, 0.25) is 0 Å². The Morgan fingerprint density at radius 3 is 3.27 bits per heavy atom. The average molecular weight is 153 g/mol. The fourth-order valence-corrected chi connectivity index (χ4v) is 1.39. The maximum absolute atomic E-state index is 5.65. The summed E-state index contributed by atoms with van der Waals surface area (Å²) in [4.78, 5) is 0. The SMILES string of the molecule is NC1=CC=C2OCOC[C@@H]2C1. The zero-order valence-electron chi connectivity index (χ0n) is 6.25. The third-order valence-electron chi connectivity index (χ3n) is 1.97. The molecule has 0 unspecified atom stereocenters. The van der Waals surface area contributed by atoms with Gasteiger partial charge in [-0.15, -0.1) is 0 Å². The lowest BCUT2D eigenvalue weighted by molar-refractivity contribution is -0.0863. The number of hydrogen-bond donors (Lipinski definition) is 1. The van der Waals surface area contributed by atoms with Crippen LogP contribution in [0.4, 0.5) is 0 Å². The van der Waals surface area contributed by atoms with Gasteiger partial charge in [0.05, 0.1) is 6.61 Å². The van der Waals surface area contributed by atoms with E-state index < -0.39 is 0 Å². The fraction of sp³-hybridized carbons (Fsp3) is 0.500. The van der Waals surface area contributed by atoms with Crippen LogP contribution in [0.15, 0.2) is 23.6 Å². The lowest BCUT2D eigenvalue weighted by atomic mass is 9.97. The number of nitrogens with two attached hydrogens (primary N) is 1. The van der Waals surface area contributed by atoms with Crippen LogP contribution < -0.4 is 5.73 Å². The smallest absolute Gasteiger partial charge is 0.188 e. The van der Waals surface area contributed by atoms with E-state index in [4.69, 9.17) is 15.2 Å². The molecule has 60 valence electrons. The van der Waals surface area contributed by atoms with Gasteiger partial charge in [-0.3, -0.25) is 0 Å². The first-order valence-corrected chi connectivity index (χ1v) is 3.73. The lowest BCUT2D eigenvalue weighted by Crippen LogP contribution is -2.25. The molecule has 1 aliphatic carbocycles. The van der Waals surface area contributed by atoms with Gasteiger partial charge >= 0.3 is 0 Å². The highest BCUT2D eigenvalue weighted by atomic mass is 16.7. The number of rotatable bonds is 0. The molecule has 0 bridgehead atoms. The third-order valence-corrected chi connectivity index (χ3v) is 1.97. The molecular weight excluding hydrogens is 142 g/mol. The van der Waals surface area contributed by atoms with Gasteiger partial charge in [-0.25, -0.2) is 0 Å². The van der Waals surface area contributed by atoms with Crippen molar-refractivity contribution in [2.45, 2.75) is 6.42 Å². The van der Waals surface area contributed by atoms with E-state index >= 15 is 0 Å². The van der Waals surface area contributed by atoms with Gasteiger partial charge in [0.15, 0.2) is 6.79 Å². The number of ether oxygens (including phenoxy) is 2. The minimum Gasteiger partial charge on any atom is -0.472 e. The van der Waals surface area contributed by atoms with Crippen molar-refractivity contribution < 1.29 is 9.47 Å². The summed E-state index contributed by atoms with van der Waals surface area (Å²) in [6, 6.07) is 0. The topological polar surface area (TPSA) is 44.5 Å². The summed E-state index contributed by atoms with van der Waals surface area (Å²) in [5.74, 6) is 1.37. The van der Waals surface area contributed by atoms with Gasteiger partial charge in [0, 0.05) is 11.6 Å². The summed E-state index contributed by atoms with van der Waals surface area (Å²) < 4.78 is 10.4. The summed E-state index contributed by atoms with van der Waals surface area (Å²) in [7, 11) is 0. The predicted molar refractivity (Wildman–Crippen MR) is 40.4 cm³/mol. The normalized spacial score (nSPS) is 29.6. The quantitative estimate of drug-likeness (QED) is 0.558. The Balaban J connectivity index is 2.16. The van der Waals surface area contributed by atoms with Crippen molar-refractivity contribution in [3.05, 3.63) is 23.6 Å². The highest BCUT2D eigenvalue weighted by Crippen LogP contribution is 2.26. The first-order valence-electron chi connectivity index (χ1n) is 3.73. The lowest BCUT2D eigenvalue weighted by Gasteiger charge is -2.27. The molecule has 1 atom stereocenters. The van der Waals surface area contributed by atoms with E-state index in [9.17, 15) is 0 Å². The van der Waals surface area contributed by atoms with Gasteiger partial charge in [0.1, 0.15) is 5.76 Å². The van der Waals surface area contributed by atoms with E-state index in [0.717, 1.165) is 24.5 Å². The van der Waals surface area contributed by atoms with E-state index in [1.165, 1.54) is 0 Å². The van der Waals surface area contributed by atoms with Crippen molar-refractivity contribution in [1.82, 2.24) is 0 Å². The maximum Gasteiger partial charge on any atom is 0.188 e. The van der Waals surface area contributed by atoms with Crippen LogP contribution in [0.5, 0.6) is 0 Å². The molecule has 3 heteroatoms. The van der Waals surface area contributed by atoms with E-state index in [0.29, 0.717) is 12.7 Å². The first-order chi connectivity index (χ1) is 5.36. The van der Waals surface area contributed by atoms with Crippen LogP contribution in [-0.2, 0) is 9.47 Å². The maximum atomic E-state index is 5.65. The Hall–Kier alpha value is -0.960. The molecule has 3 nitrogen and oxygen atoms in total. The molecule has 2 aliphatic rings. The first kappa shape index (κ1) is 6.73. The molecule has 0 aromatic rings. The summed E-state index contributed by atoms with van der Waals surface area (Å²) in [5.41, 5.74) is 6.56. The average Bonchev–Trinajstić information content (AvgIpc) is 2.04. The molecule has 0 radical (unpaired) electrons. The fourth-order valence-electron chi connectivity index (χ4n) is 1.39. The standard InChI is InChI=1S/C8H11NO2/c9-7-1-2-8-6(3-7)4-10-5-11-8/h1-2,6H,3-5,9H2/t6-/m0/s1. The molecular formula is C8H11NO2. The Labute approximate surface area is 65.5 Å². The van der Waals surface area contributed by atoms with E-state index in [1.54, 1.807) is 0 Å². The van der Waals surface area contributed by atoms with Crippen molar-refractivity contribution >= 4 is 0 Å². The van der Waals surface area contributed by atoms with E-state index in [-0.39, 0.29) is 0 Å². The van der Waals surface area contributed by atoms with E-state index in [1.807, 2.05) is 12.2 Å². The molecule has 2 N–H and O–H groups in total. The second-order valence-electron chi connectivity index (χ2n) is 2.84. The molecule has 0 spiro atoms. The van der Waals surface area contributed by atoms with Crippen LogP contribution in [0.3, 0.4) is 0 Å². The molecule has 0 aromatic carbocycles. The summed E-state index contributed by atoms with van der Waals surface area (Å²) in [6.07, 6.45) is 4.70. The molecule has 0 amide bonds. The second kappa shape index (κ2) is 2.58. The zero-order valence-corrected chi connectivity index (χ0v) is 6.25.